The summed E-state index contributed by atoms with van der Waals surface area (Å²) in [5.41, 5.74) is 3.89. The Labute approximate surface area is 115 Å². The van der Waals surface area contributed by atoms with E-state index in [9.17, 15) is 5.11 Å². The van der Waals surface area contributed by atoms with Crippen LogP contribution in [0.4, 0.5) is 0 Å². The lowest BCUT2D eigenvalue weighted by molar-refractivity contribution is 0.0477. The summed E-state index contributed by atoms with van der Waals surface area (Å²) in [7, 11) is 0. The molecule has 1 atom stereocenters. The van der Waals surface area contributed by atoms with Gasteiger partial charge in [0.05, 0.1) is 6.10 Å². The van der Waals surface area contributed by atoms with E-state index >= 15 is 0 Å². The van der Waals surface area contributed by atoms with E-state index in [0.717, 1.165) is 24.8 Å². The molecule has 1 heteroatoms. The molecule has 0 saturated carbocycles. The molecule has 0 radical (unpaired) electrons. The third kappa shape index (κ3) is 1.88. The van der Waals surface area contributed by atoms with E-state index in [4.69, 9.17) is 0 Å². The first-order valence-corrected chi connectivity index (χ1v) is 7.26. The Morgan fingerprint density at radius 3 is 2.47 bits per heavy atom. The molecule has 1 aliphatic rings. The second-order valence-corrected chi connectivity index (χ2v) is 6.40. The van der Waals surface area contributed by atoms with Gasteiger partial charge in [0.25, 0.3) is 0 Å². The largest absolute Gasteiger partial charge is 0.388 e. The number of hydrogen-bond donors (Lipinski definition) is 1. The second kappa shape index (κ2) is 4.35. The lowest BCUT2D eigenvalue weighted by atomic mass is 9.79. The molecule has 0 bridgehead atoms. The number of rotatable bonds is 3. The molecule has 0 amide bonds. The van der Waals surface area contributed by atoms with Crippen LogP contribution in [-0.2, 0) is 12.8 Å². The van der Waals surface area contributed by atoms with Gasteiger partial charge in [-0.3, -0.25) is 0 Å². The van der Waals surface area contributed by atoms with Crippen LogP contribution in [0.3, 0.4) is 0 Å². The standard InChI is InChI=1S/C18H22O/c1-4-18(2,3)17(19)15-11-10-13-9-8-12-6-5-7-14(15)16(12)13/h5-7,10-11,17,19H,4,8-9H2,1-3H3. The van der Waals surface area contributed by atoms with E-state index in [1.807, 2.05) is 0 Å². The molecular weight excluding hydrogens is 232 g/mol. The van der Waals surface area contributed by atoms with Crippen molar-refractivity contribution in [1.29, 1.82) is 0 Å². The van der Waals surface area contributed by atoms with Crippen LogP contribution in [0.15, 0.2) is 30.3 Å². The molecule has 0 aliphatic heterocycles. The van der Waals surface area contributed by atoms with E-state index in [1.54, 1.807) is 0 Å². The molecular formula is C18H22O. The highest BCUT2D eigenvalue weighted by molar-refractivity contribution is 5.93. The second-order valence-electron chi connectivity index (χ2n) is 6.40. The van der Waals surface area contributed by atoms with Crippen LogP contribution in [-0.4, -0.2) is 5.11 Å². The van der Waals surface area contributed by atoms with Gasteiger partial charge < -0.3 is 5.11 Å². The Bertz CT molecular complexity index is 615. The molecule has 0 spiro atoms. The summed E-state index contributed by atoms with van der Waals surface area (Å²) >= 11 is 0. The van der Waals surface area contributed by atoms with Gasteiger partial charge in [-0.2, -0.15) is 0 Å². The topological polar surface area (TPSA) is 20.2 Å². The number of benzene rings is 2. The fourth-order valence-electron chi connectivity index (χ4n) is 3.12. The molecule has 0 fully saturated rings. The lowest BCUT2D eigenvalue weighted by Gasteiger charge is -2.30. The summed E-state index contributed by atoms with van der Waals surface area (Å²) in [5, 5.41) is 13.4. The van der Waals surface area contributed by atoms with Gasteiger partial charge >= 0.3 is 0 Å². The third-order valence-corrected chi connectivity index (χ3v) is 4.86. The molecule has 1 aliphatic carbocycles. The maximum absolute atomic E-state index is 10.7. The van der Waals surface area contributed by atoms with Gasteiger partial charge in [0.1, 0.15) is 0 Å². The highest BCUT2D eigenvalue weighted by atomic mass is 16.3. The molecule has 0 heterocycles. The van der Waals surface area contributed by atoms with Crippen molar-refractivity contribution >= 4 is 10.8 Å². The molecule has 0 saturated heterocycles. The Kier molecular flexibility index (Phi) is 2.90. The lowest BCUT2D eigenvalue weighted by Crippen LogP contribution is -2.21. The average Bonchev–Trinajstić information content (AvgIpc) is 2.84. The summed E-state index contributed by atoms with van der Waals surface area (Å²) in [6, 6.07) is 10.9. The van der Waals surface area contributed by atoms with Gasteiger partial charge in [-0.25, -0.2) is 0 Å². The Hall–Kier alpha value is -1.34. The maximum atomic E-state index is 10.7. The van der Waals surface area contributed by atoms with Crippen LogP contribution in [0.1, 0.15) is 50.0 Å². The van der Waals surface area contributed by atoms with Crippen molar-refractivity contribution < 1.29 is 5.11 Å². The summed E-state index contributed by atoms with van der Waals surface area (Å²) in [4.78, 5) is 0. The fraction of sp³-hybridized carbons (Fsp3) is 0.444. The normalized spacial score (nSPS) is 16.0. The maximum Gasteiger partial charge on any atom is 0.0846 e. The SMILES string of the molecule is CCC(C)(C)C(O)c1ccc2c3c(cccc13)CC2. The average molecular weight is 254 g/mol. The van der Waals surface area contributed by atoms with Gasteiger partial charge in [0.15, 0.2) is 0 Å². The predicted octanol–water partition coefficient (Wildman–Crippen LogP) is 4.41. The molecule has 2 aromatic rings. The third-order valence-electron chi connectivity index (χ3n) is 4.86. The molecule has 100 valence electrons. The van der Waals surface area contributed by atoms with Gasteiger partial charge in [-0.15, -0.1) is 0 Å². The quantitative estimate of drug-likeness (QED) is 0.860. The number of hydrogen-bond acceptors (Lipinski definition) is 1. The van der Waals surface area contributed by atoms with Crippen molar-refractivity contribution in [2.45, 2.75) is 46.1 Å². The van der Waals surface area contributed by atoms with Crippen LogP contribution in [0.25, 0.3) is 10.8 Å². The van der Waals surface area contributed by atoms with E-state index < -0.39 is 6.10 Å². The molecule has 0 aromatic heterocycles. The highest BCUT2D eigenvalue weighted by Gasteiger charge is 2.29. The summed E-state index contributed by atoms with van der Waals surface area (Å²) in [6.07, 6.45) is 2.85. The van der Waals surface area contributed by atoms with E-state index in [2.05, 4.69) is 51.1 Å². The van der Waals surface area contributed by atoms with E-state index in [0.29, 0.717) is 0 Å². The van der Waals surface area contributed by atoms with Gasteiger partial charge in [0, 0.05) is 0 Å². The van der Waals surface area contributed by atoms with Crippen molar-refractivity contribution in [1.82, 2.24) is 0 Å². The van der Waals surface area contributed by atoms with Crippen LogP contribution in [0.2, 0.25) is 0 Å². The summed E-state index contributed by atoms with van der Waals surface area (Å²) in [5.74, 6) is 0. The monoisotopic (exact) mass is 254 g/mol. The Morgan fingerprint density at radius 1 is 1.11 bits per heavy atom. The molecule has 1 unspecified atom stereocenters. The van der Waals surface area contributed by atoms with Crippen LogP contribution in [0, 0.1) is 5.41 Å². The number of aliphatic hydroxyl groups is 1. The van der Waals surface area contributed by atoms with Crippen molar-refractivity contribution in [3.8, 4) is 0 Å². The Morgan fingerprint density at radius 2 is 1.79 bits per heavy atom. The minimum atomic E-state index is -0.401. The zero-order valence-corrected chi connectivity index (χ0v) is 12.0. The van der Waals surface area contributed by atoms with Gasteiger partial charge in [-0.05, 0) is 52.1 Å². The van der Waals surface area contributed by atoms with E-state index in [1.165, 1.54) is 21.9 Å². The number of aryl methyl sites for hydroxylation is 2. The minimum absolute atomic E-state index is 0.0848. The first kappa shape index (κ1) is 12.7. The smallest absolute Gasteiger partial charge is 0.0846 e. The molecule has 1 N–H and O–H groups in total. The predicted molar refractivity (Wildman–Crippen MR) is 80.4 cm³/mol. The molecule has 19 heavy (non-hydrogen) atoms. The molecule has 1 nitrogen and oxygen atoms in total. The van der Waals surface area contributed by atoms with Crippen molar-refractivity contribution in [3.05, 3.63) is 47.0 Å². The summed E-state index contributed by atoms with van der Waals surface area (Å²) in [6.45, 7) is 6.42. The zero-order valence-electron chi connectivity index (χ0n) is 12.0. The zero-order chi connectivity index (χ0) is 13.6. The van der Waals surface area contributed by atoms with E-state index in [-0.39, 0.29) is 5.41 Å². The van der Waals surface area contributed by atoms with Gasteiger partial charge in [0.2, 0.25) is 0 Å². The Balaban J connectivity index is 2.22. The van der Waals surface area contributed by atoms with Gasteiger partial charge in [-0.1, -0.05) is 51.1 Å². The van der Waals surface area contributed by atoms with Crippen LogP contribution < -0.4 is 0 Å². The van der Waals surface area contributed by atoms with Crippen molar-refractivity contribution in [2.75, 3.05) is 0 Å². The number of aliphatic hydroxyl groups excluding tert-OH is 1. The highest BCUT2D eigenvalue weighted by Crippen LogP contribution is 2.41. The molecule has 2 aromatic carbocycles. The first-order chi connectivity index (χ1) is 9.04. The fourth-order valence-corrected chi connectivity index (χ4v) is 3.12. The molecule has 3 rings (SSSR count). The van der Waals surface area contributed by atoms with Crippen molar-refractivity contribution in [2.24, 2.45) is 5.41 Å². The first-order valence-electron chi connectivity index (χ1n) is 7.26. The minimum Gasteiger partial charge on any atom is -0.388 e. The van der Waals surface area contributed by atoms with Crippen molar-refractivity contribution in [3.63, 3.8) is 0 Å². The van der Waals surface area contributed by atoms with Crippen LogP contribution in [0.5, 0.6) is 0 Å². The van der Waals surface area contributed by atoms with Crippen LogP contribution >= 0.6 is 0 Å². The summed E-state index contributed by atoms with van der Waals surface area (Å²) < 4.78 is 0.